The van der Waals surface area contributed by atoms with Crippen LogP contribution >= 0.6 is 0 Å². The number of aromatic nitrogens is 1. The second-order valence-electron chi connectivity index (χ2n) is 8.61. The van der Waals surface area contributed by atoms with Gasteiger partial charge in [-0.2, -0.15) is 0 Å². The number of fused-ring (bicyclic) bond motifs is 1. The maximum atomic E-state index is 13.0. The number of carbonyl (C=O) groups excluding carboxylic acids is 2. The Morgan fingerprint density at radius 3 is 2.61 bits per heavy atom. The van der Waals surface area contributed by atoms with E-state index in [-0.39, 0.29) is 11.9 Å². The third-order valence-electron chi connectivity index (χ3n) is 5.06. The van der Waals surface area contributed by atoms with E-state index in [1.807, 2.05) is 51.2 Å². The molecule has 28 heavy (non-hydrogen) atoms. The lowest BCUT2D eigenvalue weighted by Gasteiger charge is -2.27. The van der Waals surface area contributed by atoms with Crippen molar-refractivity contribution in [3.8, 4) is 0 Å². The summed E-state index contributed by atoms with van der Waals surface area (Å²) in [5.41, 5.74) is 1.39. The first-order chi connectivity index (χ1) is 13.3. The van der Waals surface area contributed by atoms with Crippen LogP contribution in [-0.4, -0.2) is 34.7 Å². The van der Waals surface area contributed by atoms with Crippen LogP contribution in [-0.2, 0) is 16.0 Å². The molecular weight excluding hydrogens is 354 g/mol. The highest BCUT2D eigenvalue weighted by molar-refractivity contribution is 5.88. The number of H-pyrrole nitrogens is 1. The second-order valence-corrected chi connectivity index (χ2v) is 8.61. The molecule has 3 N–H and O–H groups in total. The quantitative estimate of drug-likeness (QED) is 0.726. The minimum absolute atomic E-state index is 0.150. The predicted molar refractivity (Wildman–Crippen MR) is 110 cm³/mol. The van der Waals surface area contributed by atoms with Gasteiger partial charge < -0.3 is 20.4 Å². The first kappa shape index (κ1) is 20.2. The van der Waals surface area contributed by atoms with Crippen LogP contribution in [0.5, 0.6) is 0 Å². The molecule has 1 aliphatic rings. The first-order valence-electron chi connectivity index (χ1n) is 10.2. The Hall–Kier alpha value is -2.50. The van der Waals surface area contributed by atoms with Gasteiger partial charge in [-0.25, -0.2) is 4.79 Å². The summed E-state index contributed by atoms with van der Waals surface area (Å²) < 4.78 is 5.38. The normalized spacial score (nSPS) is 16.5. The Labute approximate surface area is 166 Å². The molecular formula is C22H31N3O3. The summed E-state index contributed by atoms with van der Waals surface area (Å²) in [5, 5.41) is 6.97. The summed E-state index contributed by atoms with van der Waals surface area (Å²) >= 11 is 0. The van der Waals surface area contributed by atoms with Crippen LogP contribution in [0.25, 0.3) is 10.9 Å². The molecule has 6 nitrogen and oxygen atoms in total. The molecule has 152 valence electrons. The van der Waals surface area contributed by atoms with E-state index in [0.29, 0.717) is 6.42 Å². The van der Waals surface area contributed by atoms with Gasteiger partial charge in [-0.15, -0.1) is 0 Å². The fourth-order valence-electron chi connectivity index (χ4n) is 3.73. The number of aromatic amines is 1. The molecule has 1 aliphatic carbocycles. The monoisotopic (exact) mass is 385 g/mol. The van der Waals surface area contributed by atoms with Crippen molar-refractivity contribution in [2.75, 3.05) is 0 Å². The van der Waals surface area contributed by atoms with E-state index < -0.39 is 17.7 Å². The number of nitrogens with one attached hydrogen (secondary N) is 3. The molecule has 0 unspecified atom stereocenters. The number of ether oxygens (including phenoxy) is 1. The van der Waals surface area contributed by atoms with E-state index >= 15 is 0 Å². The summed E-state index contributed by atoms with van der Waals surface area (Å²) in [5.74, 6) is -0.150. The number of benzene rings is 1. The van der Waals surface area contributed by atoms with E-state index in [9.17, 15) is 9.59 Å². The minimum atomic E-state index is -0.684. The zero-order valence-electron chi connectivity index (χ0n) is 17.0. The van der Waals surface area contributed by atoms with E-state index in [2.05, 4.69) is 15.6 Å². The van der Waals surface area contributed by atoms with Crippen LogP contribution in [0.1, 0.15) is 58.4 Å². The lowest BCUT2D eigenvalue weighted by molar-refractivity contribution is -0.124. The highest BCUT2D eigenvalue weighted by Gasteiger charge is 2.27. The van der Waals surface area contributed by atoms with Gasteiger partial charge in [-0.1, -0.05) is 37.5 Å². The van der Waals surface area contributed by atoms with Crippen LogP contribution in [0.15, 0.2) is 30.5 Å². The van der Waals surface area contributed by atoms with E-state index in [1.165, 1.54) is 6.42 Å². The molecule has 0 spiro atoms. The van der Waals surface area contributed by atoms with Gasteiger partial charge in [0, 0.05) is 29.6 Å². The third kappa shape index (κ3) is 5.50. The maximum Gasteiger partial charge on any atom is 0.408 e. The standard InChI is InChI=1S/C22H31N3O3/c1-22(2,3)28-21(27)25-19(20(26)24-16-9-5-4-6-10-16)13-15-14-23-18-12-8-7-11-17(15)18/h7-8,11-12,14,16,19,23H,4-6,9-10,13H2,1-3H3,(H,24,26)(H,25,27)/t19-/m0/s1. The van der Waals surface area contributed by atoms with Crippen LogP contribution in [0.4, 0.5) is 4.79 Å². The van der Waals surface area contributed by atoms with Crippen LogP contribution in [0.3, 0.4) is 0 Å². The maximum absolute atomic E-state index is 13.0. The van der Waals surface area contributed by atoms with Crippen LogP contribution in [0, 0.1) is 0 Å². The van der Waals surface area contributed by atoms with Crippen LogP contribution in [0.2, 0.25) is 0 Å². The molecule has 1 aromatic carbocycles. The minimum Gasteiger partial charge on any atom is -0.444 e. The number of hydrogen-bond donors (Lipinski definition) is 3. The molecule has 0 radical (unpaired) electrons. The Morgan fingerprint density at radius 2 is 1.89 bits per heavy atom. The summed E-state index contributed by atoms with van der Waals surface area (Å²) in [4.78, 5) is 28.5. The van der Waals surface area contributed by atoms with Crippen molar-refractivity contribution in [2.24, 2.45) is 0 Å². The molecule has 1 fully saturated rings. The third-order valence-corrected chi connectivity index (χ3v) is 5.06. The number of carbonyl (C=O) groups is 2. The lowest BCUT2D eigenvalue weighted by Crippen LogP contribution is -2.51. The number of amides is 2. The molecule has 2 aromatic rings. The van der Waals surface area contributed by atoms with Gasteiger partial charge in [0.2, 0.25) is 5.91 Å². The van der Waals surface area contributed by atoms with Gasteiger partial charge >= 0.3 is 6.09 Å². The lowest BCUT2D eigenvalue weighted by atomic mass is 9.95. The van der Waals surface area contributed by atoms with Crippen molar-refractivity contribution >= 4 is 22.9 Å². The Kier molecular flexibility index (Phi) is 6.27. The molecule has 2 amide bonds. The molecule has 0 aliphatic heterocycles. The van der Waals surface area contributed by atoms with Gasteiger partial charge in [0.15, 0.2) is 0 Å². The molecule has 0 saturated heterocycles. The average molecular weight is 386 g/mol. The first-order valence-corrected chi connectivity index (χ1v) is 10.2. The molecule has 6 heteroatoms. The fraction of sp³-hybridized carbons (Fsp3) is 0.545. The summed E-state index contributed by atoms with van der Waals surface area (Å²) in [7, 11) is 0. The van der Waals surface area contributed by atoms with E-state index in [0.717, 1.165) is 42.1 Å². The highest BCUT2D eigenvalue weighted by Crippen LogP contribution is 2.21. The fourth-order valence-corrected chi connectivity index (χ4v) is 3.73. The van der Waals surface area contributed by atoms with Gasteiger partial charge in [0.25, 0.3) is 0 Å². The van der Waals surface area contributed by atoms with E-state index in [1.54, 1.807) is 0 Å². The van der Waals surface area contributed by atoms with Crippen molar-refractivity contribution in [1.82, 2.24) is 15.6 Å². The van der Waals surface area contributed by atoms with Gasteiger partial charge in [0.05, 0.1) is 0 Å². The molecule has 0 bridgehead atoms. The summed E-state index contributed by atoms with van der Waals surface area (Å²) in [6.07, 6.45) is 7.23. The largest absolute Gasteiger partial charge is 0.444 e. The van der Waals surface area contributed by atoms with Crippen molar-refractivity contribution in [3.63, 3.8) is 0 Å². The molecule has 1 saturated carbocycles. The van der Waals surface area contributed by atoms with Crippen molar-refractivity contribution in [2.45, 2.75) is 77.0 Å². The highest BCUT2D eigenvalue weighted by atomic mass is 16.6. The predicted octanol–water partition coefficient (Wildman–Crippen LogP) is 4.05. The topological polar surface area (TPSA) is 83.2 Å². The average Bonchev–Trinajstić information content (AvgIpc) is 3.03. The van der Waals surface area contributed by atoms with E-state index in [4.69, 9.17) is 4.74 Å². The van der Waals surface area contributed by atoms with Crippen molar-refractivity contribution in [1.29, 1.82) is 0 Å². The van der Waals surface area contributed by atoms with Gasteiger partial charge in [-0.05, 0) is 45.2 Å². The number of para-hydroxylation sites is 1. The van der Waals surface area contributed by atoms with Crippen molar-refractivity contribution in [3.05, 3.63) is 36.0 Å². The van der Waals surface area contributed by atoms with Crippen LogP contribution < -0.4 is 10.6 Å². The second kappa shape index (κ2) is 8.67. The summed E-state index contributed by atoms with van der Waals surface area (Å²) in [6, 6.07) is 7.46. The summed E-state index contributed by atoms with van der Waals surface area (Å²) in [6.45, 7) is 5.43. The SMILES string of the molecule is CC(C)(C)OC(=O)N[C@@H](Cc1c[nH]c2ccccc12)C(=O)NC1CCCCC1. The number of rotatable bonds is 5. The molecule has 3 rings (SSSR count). The molecule has 1 heterocycles. The molecule has 1 atom stereocenters. The Morgan fingerprint density at radius 1 is 1.18 bits per heavy atom. The van der Waals surface area contributed by atoms with Gasteiger partial charge in [0.1, 0.15) is 11.6 Å². The Bertz CT molecular complexity index is 816. The van der Waals surface area contributed by atoms with Gasteiger partial charge in [-0.3, -0.25) is 4.79 Å². The smallest absolute Gasteiger partial charge is 0.408 e. The number of hydrogen-bond acceptors (Lipinski definition) is 3. The zero-order valence-corrected chi connectivity index (χ0v) is 17.0. The number of alkyl carbamates (subject to hydrolysis) is 1. The molecule has 1 aromatic heterocycles. The van der Waals surface area contributed by atoms with Crippen molar-refractivity contribution < 1.29 is 14.3 Å². The Balaban J connectivity index is 1.74. The zero-order chi connectivity index (χ0) is 20.1.